The van der Waals surface area contributed by atoms with Crippen molar-refractivity contribution in [1.29, 1.82) is 0 Å². The van der Waals surface area contributed by atoms with Crippen molar-refractivity contribution < 1.29 is 14.9 Å². The van der Waals surface area contributed by atoms with Gasteiger partial charge in [0.05, 0.1) is 19.8 Å². The monoisotopic (exact) mass is 249 g/mol. The minimum atomic E-state index is -0.836. The summed E-state index contributed by atoms with van der Waals surface area (Å²) in [5.41, 5.74) is 8.06. The first-order valence-electron chi connectivity index (χ1n) is 5.67. The molecule has 0 fully saturated rings. The lowest BCUT2D eigenvalue weighted by molar-refractivity contribution is 0.0949. The van der Waals surface area contributed by atoms with Gasteiger partial charge in [-0.25, -0.2) is 0 Å². The third-order valence-corrected chi connectivity index (χ3v) is 2.62. The summed E-state index contributed by atoms with van der Waals surface area (Å²) in [4.78, 5) is 0. The molecule has 0 saturated carbocycles. The number of benzene rings is 1. The number of ether oxygens (including phenoxy) is 1. The Bertz CT molecular complexity index is 441. The maximum absolute atomic E-state index is 9.58. The van der Waals surface area contributed by atoms with Crippen LogP contribution in [0.25, 0.3) is 6.08 Å². The van der Waals surface area contributed by atoms with E-state index >= 15 is 0 Å². The molecule has 1 rings (SSSR count). The summed E-state index contributed by atoms with van der Waals surface area (Å²) in [6.45, 7) is 3.30. The molecule has 0 aromatic heterocycles. The van der Waals surface area contributed by atoms with Gasteiger partial charge in [-0.05, 0) is 12.1 Å². The number of hydrogen-bond acceptors (Lipinski definition) is 4. The molecule has 4 heteroatoms. The van der Waals surface area contributed by atoms with Gasteiger partial charge in [-0.1, -0.05) is 24.8 Å². The van der Waals surface area contributed by atoms with Crippen molar-refractivity contribution >= 4 is 11.8 Å². The molecule has 1 atom stereocenters. The van der Waals surface area contributed by atoms with Crippen LogP contribution in [0, 0.1) is 0 Å². The number of hydrogen-bond donors (Lipinski definition) is 3. The molecule has 0 aliphatic carbocycles. The average molecular weight is 249 g/mol. The minimum absolute atomic E-state index is 0.279. The molecule has 4 nitrogen and oxygen atoms in total. The molecular formula is C14H19NO3. The van der Waals surface area contributed by atoms with Crippen LogP contribution in [0.4, 0.5) is 5.69 Å². The average Bonchev–Trinajstić information content (AvgIpc) is 2.38. The molecule has 98 valence electrons. The Morgan fingerprint density at radius 3 is 2.78 bits per heavy atom. The van der Waals surface area contributed by atoms with Crippen molar-refractivity contribution in [2.45, 2.75) is 12.5 Å². The largest absolute Gasteiger partial charge is 0.496 e. The molecule has 4 N–H and O–H groups in total. The highest BCUT2D eigenvalue weighted by Gasteiger charge is 2.14. The Labute approximate surface area is 107 Å². The predicted octanol–water partition coefficient (Wildman–Crippen LogP) is 1.37. The van der Waals surface area contributed by atoms with E-state index < -0.39 is 6.10 Å². The number of nitrogen functional groups attached to an aromatic ring is 1. The van der Waals surface area contributed by atoms with Gasteiger partial charge in [-0.3, -0.25) is 0 Å². The Morgan fingerprint density at radius 2 is 2.22 bits per heavy atom. The predicted molar refractivity (Wildman–Crippen MR) is 73.4 cm³/mol. The van der Waals surface area contributed by atoms with E-state index in [0.29, 0.717) is 11.4 Å². The number of nitrogens with two attached hydrogens (primary N) is 1. The zero-order valence-corrected chi connectivity index (χ0v) is 10.5. The lowest BCUT2D eigenvalue weighted by Gasteiger charge is -2.16. The fourth-order valence-electron chi connectivity index (χ4n) is 1.73. The first-order valence-corrected chi connectivity index (χ1v) is 5.67. The molecule has 0 amide bonds. The normalized spacial score (nSPS) is 12.6. The van der Waals surface area contributed by atoms with Crippen LogP contribution in [0.3, 0.4) is 0 Å². The maximum atomic E-state index is 9.58. The number of methoxy groups -OCH3 is 1. The Hall–Kier alpha value is -1.78. The van der Waals surface area contributed by atoms with E-state index in [0.717, 1.165) is 11.1 Å². The minimum Gasteiger partial charge on any atom is -0.496 e. The Balaban J connectivity index is 3.26. The fraction of sp³-hybridized carbons (Fsp3) is 0.286. The molecule has 1 unspecified atom stereocenters. The molecule has 1 aromatic rings. The standard InChI is InChI=1S/C14H19NO3/c1-3-4-5-11-12(8-10(17)9-16)14(18-2)7-6-13(11)15/h3-7,10,16-17H,1,8-9,15H2,2H3/b5-4-. The third kappa shape index (κ3) is 3.35. The Kier molecular flexibility index (Phi) is 5.42. The van der Waals surface area contributed by atoms with Crippen molar-refractivity contribution in [2.24, 2.45) is 0 Å². The zero-order chi connectivity index (χ0) is 13.5. The summed E-state index contributed by atoms with van der Waals surface area (Å²) in [7, 11) is 1.56. The van der Waals surface area contributed by atoms with Gasteiger partial charge in [0, 0.05) is 23.2 Å². The van der Waals surface area contributed by atoms with Crippen molar-refractivity contribution in [3.8, 4) is 5.75 Å². The summed E-state index contributed by atoms with van der Waals surface area (Å²) in [6, 6.07) is 3.50. The number of aliphatic hydroxyl groups excluding tert-OH is 2. The van der Waals surface area contributed by atoms with Gasteiger partial charge in [0.25, 0.3) is 0 Å². The maximum Gasteiger partial charge on any atom is 0.122 e. The topological polar surface area (TPSA) is 75.7 Å². The van der Waals surface area contributed by atoms with E-state index in [4.69, 9.17) is 15.6 Å². The number of allylic oxidation sites excluding steroid dienone is 2. The molecule has 0 aliphatic heterocycles. The van der Waals surface area contributed by atoms with Crippen molar-refractivity contribution in [3.63, 3.8) is 0 Å². The van der Waals surface area contributed by atoms with Gasteiger partial charge >= 0.3 is 0 Å². The quantitative estimate of drug-likeness (QED) is 0.526. The second-order valence-electron chi connectivity index (χ2n) is 3.88. The van der Waals surface area contributed by atoms with E-state index in [9.17, 15) is 5.11 Å². The van der Waals surface area contributed by atoms with Crippen LogP contribution in [0.5, 0.6) is 5.75 Å². The van der Waals surface area contributed by atoms with E-state index in [2.05, 4.69) is 6.58 Å². The van der Waals surface area contributed by atoms with Gasteiger partial charge in [0.15, 0.2) is 0 Å². The van der Waals surface area contributed by atoms with Gasteiger partial charge in [0.2, 0.25) is 0 Å². The van der Waals surface area contributed by atoms with Gasteiger partial charge in [-0.2, -0.15) is 0 Å². The number of rotatable bonds is 6. The van der Waals surface area contributed by atoms with Gasteiger partial charge in [0.1, 0.15) is 5.75 Å². The van der Waals surface area contributed by atoms with Crippen LogP contribution in [0.15, 0.2) is 30.9 Å². The highest BCUT2D eigenvalue weighted by Crippen LogP contribution is 2.29. The molecular weight excluding hydrogens is 230 g/mol. The first kappa shape index (κ1) is 14.3. The second kappa shape index (κ2) is 6.83. The highest BCUT2D eigenvalue weighted by atomic mass is 16.5. The first-order chi connectivity index (χ1) is 8.63. The summed E-state index contributed by atoms with van der Waals surface area (Å²) in [6.07, 6.45) is 4.66. The van der Waals surface area contributed by atoms with Crippen LogP contribution in [0.1, 0.15) is 11.1 Å². The van der Waals surface area contributed by atoms with Crippen LogP contribution in [-0.4, -0.2) is 30.0 Å². The SMILES string of the molecule is C=C/C=C\c1c(N)ccc(OC)c1CC(O)CO. The molecule has 0 saturated heterocycles. The summed E-state index contributed by atoms with van der Waals surface area (Å²) < 4.78 is 5.26. The van der Waals surface area contributed by atoms with Crippen LogP contribution in [-0.2, 0) is 6.42 Å². The van der Waals surface area contributed by atoms with Gasteiger partial charge < -0.3 is 20.7 Å². The molecule has 1 aromatic carbocycles. The third-order valence-electron chi connectivity index (χ3n) is 2.62. The van der Waals surface area contributed by atoms with Crippen molar-refractivity contribution in [2.75, 3.05) is 19.5 Å². The fourth-order valence-corrected chi connectivity index (χ4v) is 1.73. The number of aliphatic hydroxyl groups is 2. The van der Waals surface area contributed by atoms with E-state index in [-0.39, 0.29) is 13.0 Å². The smallest absolute Gasteiger partial charge is 0.122 e. The zero-order valence-electron chi connectivity index (χ0n) is 10.5. The molecule has 0 bridgehead atoms. The van der Waals surface area contributed by atoms with E-state index in [1.54, 1.807) is 31.4 Å². The molecule has 0 heterocycles. The van der Waals surface area contributed by atoms with Crippen LogP contribution >= 0.6 is 0 Å². The number of anilines is 1. The summed E-state index contributed by atoms with van der Waals surface area (Å²) >= 11 is 0. The summed E-state index contributed by atoms with van der Waals surface area (Å²) in [5, 5.41) is 18.5. The molecule has 0 spiro atoms. The molecule has 18 heavy (non-hydrogen) atoms. The lowest BCUT2D eigenvalue weighted by Crippen LogP contribution is -2.16. The van der Waals surface area contributed by atoms with E-state index in [1.165, 1.54) is 0 Å². The molecule has 0 radical (unpaired) electrons. The van der Waals surface area contributed by atoms with Crippen LogP contribution < -0.4 is 10.5 Å². The van der Waals surface area contributed by atoms with Crippen molar-refractivity contribution in [1.82, 2.24) is 0 Å². The second-order valence-corrected chi connectivity index (χ2v) is 3.88. The van der Waals surface area contributed by atoms with Crippen LogP contribution in [0.2, 0.25) is 0 Å². The van der Waals surface area contributed by atoms with E-state index in [1.807, 2.05) is 6.08 Å². The van der Waals surface area contributed by atoms with Crippen molar-refractivity contribution in [3.05, 3.63) is 42.0 Å². The Morgan fingerprint density at radius 1 is 1.50 bits per heavy atom. The van der Waals surface area contributed by atoms with Gasteiger partial charge in [-0.15, -0.1) is 0 Å². The highest BCUT2D eigenvalue weighted by molar-refractivity contribution is 5.71. The lowest BCUT2D eigenvalue weighted by atomic mass is 9.98. The molecule has 0 aliphatic rings. The summed E-state index contributed by atoms with van der Waals surface area (Å²) in [5.74, 6) is 0.639.